The zero-order valence-electron chi connectivity index (χ0n) is 13.1. The first kappa shape index (κ1) is 15.8. The summed E-state index contributed by atoms with van der Waals surface area (Å²) in [7, 11) is 0. The first-order valence-corrected chi connectivity index (χ1v) is 8.54. The number of hydrogen-bond donors (Lipinski definition) is 1. The highest BCUT2D eigenvalue weighted by Gasteiger charge is 2.24. The van der Waals surface area contributed by atoms with E-state index < -0.39 is 0 Å². The highest BCUT2D eigenvalue weighted by molar-refractivity contribution is 5.78. The zero-order chi connectivity index (χ0) is 14.2. The zero-order valence-corrected chi connectivity index (χ0v) is 13.1. The largest absolute Gasteiger partial charge is 0.342 e. The highest BCUT2D eigenvalue weighted by Crippen LogP contribution is 2.14. The van der Waals surface area contributed by atoms with Crippen LogP contribution in [-0.4, -0.2) is 61.0 Å². The van der Waals surface area contributed by atoms with E-state index in [2.05, 4.69) is 22.0 Å². The molecule has 2 aliphatic rings. The highest BCUT2D eigenvalue weighted by atomic mass is 16.2. The molecule has 1 amide bonds. The van der Waals surface area contributed by atoms with Crippen molar-refractivity contribution in [1.29, 1.82) is 0 Å². The van der Waals surface area contributed by atoms with Gasteiger partial charge in [-0.3, -0.25) is 9.69 Å². The Morgan fingerprint density at radius 2 is 1.95 bits per heavy atom. The van der Waals surface area contributed by atoms with Crippen LogP contribution in [0.3, 0.4) is 0 Å². The Hall–Kier alpha value is -0.610. The van der Waals surface area contributed by atoms with Crippen molar-refractivity contribution in [2.75, 3.05) is 39.3 Å². The molecule has 2 aliphatic heterocycles. The Morgan fingerprint density at radius 3 is 2.55 bits per heavy atom. The summed E-state index contributed by atoms with van der Waals surface area (Å²) in [4.78, 5) is 17.1. The molecule has 4 nitrogen and oxygen atoms in total. The van der Waals surface area contributed by atoms with Crippen LogP contribution in [0.4, 0.5) is 0 Å². The minimum absolute atomic E-state index is 0.353. The number of hydrogen-bond acceptors (Lipinski definition) is 3. The van der Waals surface area contributed by atoms with Gasteiger partial charge in [0.25, 0.3) is 0 Å². The Bertz CT molecular complexity index is 281. The Morgan fingerprint density at radius 1 is 1.20 bits per heavy atom. The van der Waals surface area contributed by atoms with E-state index in [4.69, 9.17) is 0 Å². The molecule has 1 atom stereocenters. The van der Waals surface area contributed by atoms with Crippen LogP contribution in [-0.2, 0) is 4.79 Å². The molecule has 2 saturated heterocycles. The molecule has 0 saturated carbocycles. The van der Waals surface area contributed by atoms with E-state index >= 15 is 0 Å². The second kappa shape index (κ2) is 8.63. The van der Waals surface area contributed by atoms with Crippen LogP contribution < -0.4 is 5.32 Å². The molecule has 116 valence electrons. The van der Waals surface area contributed by atoms with Crippen LogP contribution >= 0.6 is 0 Å². The van der Waals surface area contributed by atoms with E-state index in [1.807, 2.05) is 0 Å². The maximum absolute atomic E-state index is 12.5. The van der Waals surface area contributed by atoms with Gasteiger partial charge in [0.2, 0.25) is 5.91 Å². The fraction of sp³-hybridized carbons (Fsp3) is 0.938. The van der Waals surface area contributed by atoms with Crippen molar-refractivity contribution in [1.82, 2.24) is 15.1 Å². The van der Waals surface area contributed by atoms with Crippen LogP contribution in [0, 0.1) is 0 Å². The molecular formula is C16H31N3O. The lowest BCUT2D eigenvalue weighted by atomic mass is 10.1. The normalized spacial score (nSPS) is 24.7. The molecule has 2 fully saturated rings. The molecule has 2 rings (SSSR count). The van der Waals surface area contributed by atoms with Crippen LogP contribution in [0.25, 0.3) is 0 Å². The topological polar surface area (TPSA) is 35.6 Å². The van der Waals surface area contributed by atoms with Gasteiger partial charge in [0, 0.05) is 25.7 Å². The number of likely N-dealkylation sites (tertiary alicyclic amines) is 1. The number of carbonyl (C=O) groups is 1. The maximum Gasteiger partial charge on any atom is 0.236 e. The van der Waals surface area contributed by atoms with Gasteiger partial charge in [0.05, 0.1) is 6.54 Å². The number of rotatable bonds is 5. The lowest BCUT2D eigenvalue weighted by Gasteiger charge is -2.35. The molecule has 20 heavy (non-hydrogen) atoms. The summed E-state index contributed by atoms with van der Waals surface area (Å²) in [5.41, 5.74) is 0. The quantitative estimate of drug-likeness (QED) is 0.835. The fourth-order valence-corrected chi connectivity index (χ4v) is 3.42. The van der Waals surface area contributed by atoms with Crippen molar-refractivity contribution in [3.63, 3.8) is 0 Å². The van der Waals surface area contributed by atoms with Crippen molar-refractivity contribution >= 4 is 5.91 Å². The van der Waals surface area contributed by atoms with Gasteiger partial charge >= 0.3 is 0 Å². The summed E-state index contributed by atoms with van der Waals surface area (Å²) in [5, 5.41) is 3.47. The molecule has 1 unspecified atom stereocenters. The first-order chi connectivity index (χ1) is 9.81. The molecule has 0 aliphatic carbocycles. The molecule has 0 aromatic carbocycles. The van der Waals surface area contributed by atoms with Crippen LogP contribution in [0.1, 0.15) is 51.9 Å². The number of nitrogens with zero attached hydrogens (tertiary/aromatic N) is 2. The monoisotopic (exact) mass is 281 g/mol. The predicted octanol–water partition coefficient (Wildman–Crippen LogP) is 1.85. The van der Waals surface area contributed by atoms with Crippen LogP contribution in [0.2, 0.25) is 0 Å². The van der Waals surface area contributed by atoms with Gasteiger partial charge in [0.1, 0.15) is 0 Å². The first-order valence-electron chi connectivity index (χ1n) is 8.54. The number of nitrogens with one attached hydrogen (secondary N) is 1. The van der Waals surface area contributed by atoms with Gasteiger partial charge < -0.3 is 10.2 Å². The summed E-state index contributed by atoms with van der Waals surface area (Å²) in [6, 6.07) is 0.555. The summed E-state index contributed by atoms with van der Waals surface area (Å²) in [6.45, 7) is 8.01. The number of carbonyl (C=O) groups excluding carboxylic acids is 1. The third-order valence-corrected chi connectivity index (χ3v) is 4.60. The second-order valence-corrected chi connectivity index (χ2v) is 6.27. The van der Waals surface area contributed by atoms with E-state index in [0.717, 1.165) is 39.1 Å². The standard InChI is InChI=1S/C16H31N3O/c1-2-10-19(15-8-7-9-17-13-15)14-16(20)18-11-5-3-4-6-12-18/h15,17H,2-14H2,1H3. The minimum Gasteiger partial charge on any atom is -0.342 e. The van der Waals surface area contributed by atoms with Crippen molar-refractivity contribution in [3.05, 3.63) is 0 Å². The predicted molar refractivity (Wildman–Crippen MR) is 82.8 cm³/mol. The molecule has 0 bridgehead atoms. The molecule has 2 heterocycles. The smallest absolute Gasteiger partial charge is 0.236 e. The van der Waals surface area contributed by atoms with Gasteiger partial charge in [-0.25, -0.2) is 0 Å². The van der Waals surface area contributed by atoms with Gasteiger partial charge in [-0.05, 0) is 45.2 Å². The van der Waals surface area contributed by atoms with Crippen molar-refractivity contribution < 1.29 is 4.79 Å². The summed E-state index contributed by atoms with van der Waals surface area (Å²) in [6.07, 6.45) is 8.55. The Balaban J connectivity index is 1.86. The molecule has 0 spiro atoms. The number of piperidine rings is 1. The van der Waals surface area contributed by atoms with E-state index in [-0.39, 0.29) is 0 Å². The van der Waals surface area contributed by atoms with Crippen molar-refractivity contribution in [3.8, 4) is 0 Å². The Labute approximate surface area is 123 Å². The van der Waals surface area contributed by atoms with Gasteiger partial charge in [-0.15, -0.1) is 0 Å². The van der Waals surface area contributed by atoms with Crippen molar-refractivity contribution in [2.45, 2.75) is 57.9 Å². The van der Waals surface area contributed by atoms with Crippen molar-refractivity contribution in [2.24, 2.45) is 0 Å². The van der Waals surface area contributed by atoms with E-state index in [0.29, 0.717) is 18.5 Å². The Kier molecular flexibility index (Phi) is 6.80. The van der Waals surface area contributed by atoms with E-state index in [1.165, 1.54) is 38.5 Å². The molecular weight excluding hydrogens is 250 g/mol. The molecule has 1 N–H and O–H groups in total. The van der Waals surface area contributed by atoms with Gasteiger partial charge in [-0.1, -0.05) is 19.8 Å². The van der Waals surface area contributed by atoms with Gasteiger partial charge in [-0.2, -0.15) is 0 Å². The third kappa shape index (κ3) is 4.74. The summed E-state index contributed by atoms with van der Waals surface area (Å²) < 4.78 is 0. The average Bonchev–Trinajstić information content (AvgIpc) is 2.77. The second-order valence-electron chi connectivity index (χ2n) is 6.27. The van der Waals surface area contributed by atoms with E-state index in [9.17, 15) is 4.79 Å². The summed E-state index contributed by atoms with van der Waals surface area (Å²) >= 11 is 0. The number of amides is 1. The third-order valence-electron chi connectivity index (χ3n) is 4.60. The van der Waals surface area contributed by atoms with Gasteiger partial charge in [0.15, 0.2) is 0 Å². The molecule has 0 aromatic rings. The summed E-state index contributed by atoms with van der Waals surface area (Å²) in [5.74, 6) is 0.353. The maximum atomic E-state index is 12.5. The average molecular weight is 281 g/mol. The molecule has 4 heteroatoms. The fourth-order valence-electron chi connectivity index (χ4n) is 3.42. The lowest BCUT2D eigenvalue weighted by molar-refractivity contribution is -0.133. The van der Waals surface area contributed by atoms with Crippen LogP contribution in [0.5, 0.6) is 0 Å². The molecule has 0 aromatic heterocycles. The molecule has 0 radical (unpaired) electrons. The lowest BCUT2D eigenvalue weighted by Crippen LogP contribution is -2.50. The van der Waals surface area contributed by atoms with Crippen LogP contribution in [0.15, 0.2) is 0 Å². The minimum atomic E-state index is 0.353. The van der Waals surface area contributed by atoms with E-state index in [1.54, 1.807) is 0 Å². The SMILES string of the molecule is CCCN(CC(=O)N1CCCCCC1)C1CCCNC1.